The molecule has 0 aliphatic rings. The van der Waals surface area contributed by atoms with Crippen molar-refractivity contribution in [3.8, 4) is 0 Å². The predicted octanol–water partition coefficient (Wildman–Crippen LogP) is 2.41. The Labute approximate surface area is 104 Å². The zero-order valence-electron chi connectivity index (χ0n) is 9.01. The number of halogens is 2. The molecule has 0 amide bonds. The number of oxazole rings is 1. The van der Waals surface area contributed by atoms with E-state index in [1.165, 1.54) is 7.11 Å². The summed E-state index contributed by atoms with van der Waals surface area (Å²) in [5, 5.41) is 0. The number of carbonyl (C=O) groups is 1. The highest BCUT2D eigenvalue weighted by molar-refractivity contribution is 9.10. The molecule has 0 spiro atoms. The van der Waals surface area contributed by atoms with E-state index in [1.807, 2.05) is 0 Å². The standard InChI is InChI=1S/C10H8BrFN2O3/c1-3-14-8-5(11)6(12)7(13)4(9(8)17-3)10(15)16-2/h13H2,1-2H3. The first-order valence-electron chi connectivity index (χ1n) is 4.59. The van der Waals surface area contributed by atoms with E-state index in [2.05, 4.69) is 25.7 Å². The number of nitrogen functional groups attached to an aromatic ring is 1. The summed E-state index contributed by atoms with van der Waals surface area (Å²) in [4.78, 5) is 15.5. The van der Waals surface area contributed by atoms with Gasteiger partial charge >= 0.3 is 5.97 Å². The second kappa shape index (κ2) is 3.99. The van der Waals surface area contributed by atoms with Gasteiger partial charge in [0.1, 0.15) is 11.1 Å². The highest BCUT2D eigenvalue weighted by Gasteiger charge is 2.25. The van der Waals surface area contributed by atoms with E-state index in [-0.39, 0.29) is 26.8 Å². The number of hydrogen-bond acceptors (Lipinski definition) is 5. The molecule has 1 aromatic heterocycles. The van der Waals surface area contributed by atoms with Gasteiger partial charge in [-0.2, -0.15) is 0 Å². The van der Waals surface area contributed by atoms with Crippen LogP contribution in [0.4, 0.5) is 10.1 Å². The molecule has 0 saturated heterocycles. The molecule has 0 saturated carbocycles. The average molecular weight is 303 g/mol. The van der Waals surface area contributed by atoms with Crippen molar-refractivity contribution in [2.75, 3.05) is 12.8 Å². The van der Waals surface area contributed by atoms with Crippen molar-refractivity contribution in [2.45, 2.75) is 6.92 Å². The van der Waals surface area contributed by atoms with Gasteiger partial charge in [-0.3, -0.25) is 0 Å². The van der Waals surface area contributed by atoms with Crippen molar-refractivity contribution >= 4 is 38.7 Å². The van der Waals surface area contributed by atoms with Crippen molar-refractivity contribution in [2.24, 2.45) is 0 Å². The summed E-state index contributed by atoms with van der Waals surface area (Å²) in [6.45, 7) is 1.58. The van der Waals surface area contributed by atoms with Crippen LogP contribution in [0.5, 0.6) is 0 Å². The second-order valence-corrected chi connectivity index (χ2v) is 4.11. The molecule has 17 heavy (non-hydrogen) atoms. The van der Waals surface area contributed by atoms with Gasteiger partial charge < -0.3 is 14.9 Å². The zero-order valence-corrected chi connectivity index (χ0v) is 10.6. The van der Waals surface area contributed by atoms with E-state index in [0.717, 1.165) is 0 Å². The summed E-state index contributed by atoms with van der Waals surface area (Å²) in [5.74, 6) is -1.22. The minimum Gasteiger partial charge on any atom is -0.465 e. The van der Waals surface area contributed by atoms with Crippen LogP contribution in [0.15, 0.2) is 8.89 Å². The Morgan fingerprint density at radius 1 is 1.59 bits per heavy atom. The number of esters is 1. The summed E-state index contributed by atoms with van der Waals surface area (Å²) >= 11 is 3.02. The Bertz CT molecular complexity index is 624. The van der Waals surface area contributed by atoms with Gasteiger partial charge in [0, 0.05) is 6.92 Å². The molecule has 0 aliphatic carbocycles. The lowest BCUT2D eigenvalue weighted by Gasteiger charge is -2.06. The summed E-state index contributed by atoms with van der Waals surface area (Å²) in [6.07, 6.45) is 0. The maximum atomic E-state index is 13.8. The third-order valence-corrected chi connectivity index (χ3v) is 2.98. The molecule has 90 valence electrons. The highest BCUT2D eigenvalue weighted by atomic mass is 79.9. The number of fused-ring (bicyclic) bond motifs is 1. The number of aryl methyl sites for hydroxylation is 1. The Hall–Kier alpha value is -1.63. The van der Waals surface area contributed by atoms with Crippen LogP contribution in [0.2, 0.25) is 0 Å². The fourth-order valence-corrected chi connectivity index (χ4v) is 1.99. The first-order valence-corrected chi connectivity index (χ1v) is 5.38. The average Bonchev–Trinajstić information content (AvgIpc) is 2.68. The Morgan fingerprint density at radius 3 is 2.82 bits per heavy atom. The number of anilines is 1. The number of aromatic nitrogens is 1. The van der Waals surface area contributed by atoms with Crippen LogP contribution in [-0.2, 0) is 4.74 Å². The predicted molar refractivity (Wildman–Crippen MR) is 62.2 cm³/mol. The number of hydrogen-bond donors (Lipinski definition) is 1. The molecule has 5 nitrogen and oxygen atoms in total. The van der Waals surface area contributed by atoms with Gasteiger partial charge in [-0.15, -0.1) is 0 Å². The van der Waals surface area contributed by atoms with Crippen molar-refractivity contribution in [1.82, 2.24) is 4.98 Å². The molecule has 2 N–H and O–H groups in total. The van der Waals surface area contributed by atoms with Crippen LogP contribution in [0.3, 0.4) is 0 Å². The summed E-state index contributed by atoms with van der Waals surface area (Å²) in [7, 11) is 1.18. The fourth-order valence-electron chi connectivity index (χ4n) is 1.50. The van der Waals surface area contributed by atoms with E-state index >= 15 is 0 Å². The summed E-state index contributed by atoms with van der Waals surface area (Å²) in [5.41, 5.74) is 5.38. The summed E-state index contributed by atoms with van der Waals surface area (Å²) in [6, 6.07) is 0. The van der Waals surface area contributed by atoms with Gasteiger partial charge in [0.25, 0.3) is 0 Å². The number of nitrogens with two attached hydrogens (primary N) is 1. The maximum Gasteiger partial charge on any atom is 0.343 e. The van der Waals surface area contributed by atoms with Crippen LogP contribution >= 0.6 is 15.9 Å². The van der Waals surface area contributed by atoms with E-state index in [1.54, 1.807) is 6.92 Å². The topological polar surface area (TPSA) is 78.4 Å². The lowest BCUT2D eigenvalue weighted by molar-refractivity contribution is 0.0602. The number of ether oxygens (including phenoxy) is 1. The monoisotopic (exact) mass is 302 g/mol. The molecular weight excluding hydrogens is 295 g/mol. The van der Waals surface area contributed by atoms with Gasteiger partial charge in [0.05, 0.1) is 17.3 Å². The molecule has 2 rings (SSSR count). The first kappa shape index (κ1) is 11.8. The highest BCUT2D eigenvalue weighted by Crippen LogP contribution is 2.35. The maximum absolute atomic E-state index is 13.8. The van der Waals surface area contributed by atoms with Crippen molar-refractivity contribution in [3.05, 3.63) is 21.7 Å². The minimum atomic E-state index is -0.768. The van der Waals surface area contributed by atoms with Crippen LogP contribution in [0.25, 0.3) is 11.1 Å². The number of methoxy groups -OCH3 is 1. The molecule has 1 heterocycles. The minimum absolute atomic E-state index is 0.0644. The Kier molecular flexibility index (Phi) is 2.78. The Morgan fingerprint density at radius 2 is 2.24 bits per heavy atom. The van der Waals surface area contributed by atoms with Crippen LogP contribution in [-0.4, -0.2) is 18.1 Å². The number of rotatable bonds is 1. The molecule has 0 bridgehead atoms. The van der Waals surface area contributed by atoms with Gasteiger partial charge in [-0.25, -0.2) is 14.2 Å². The molecule has 0 radical (unpaired) electrons. The molecule has 1 aromatic carbocycles. The Balaban J connectivity index is 2.94. The second-order valence-electron chi connectivity index (χ2n) is 3.32. The lowest BCUT2D eigenvalue weighted by Crippen LogP contribution is -2.08. The third-order valence-electron chi connectivity index (χ3n) is 2.26. The number of benzene rings is 1. The third kappa shape index (κ3) is 1.66. The normalized spacial score (nSPS) is 10.8. The SMILES string of the molecule is COC(=O)c1c(N)c(F)c(Br)c2nc(C)oc12. The number of nitrogens with zero attached hydrogens (tertiary/aromatic N) is 1. The van der Waals surface area contributed by atoms with E-state index < -0.39 is 11.8 Å². The largest absolute Gasteiger partial charge is 0.465 e. The smallest absolute Gasteiger partial charge is 0.343 e. The molecule has 0 atom stereocenters. The molecule has 0 fully saturated rings. The molecule has 0 unspecified atom stereocenters. The van der Waals surface area contributed by atoms with Crippen molar-refractivity contribution in [3.63, 3.8) is 0 Å². The lowest BCUT2D eigenvalue weighted by atomic mass is 10.1. The quantitative estimate of drug-likeness (QED) is 0.646. The zero-order chi connectivity index (χ0) is 12.7. The van der Waals surface area contributed by atoms with Crippen molar-refractivity contribution in [1.29, 1.82) is 0 Å². The molecule has 2 aromatic rings. The molecular formula is C10H8BrFN2O3. The molecule has 0 aliphatic heterocycles. The van der Waals surface area contributed by atoms with Gasteiger partial charge in [-0.05, 0) is 15.9 Å². The molecule has 7 heteroatoms. The van der Waals surface area contributed by atoms with Gasteiger partial charge in [-0.1, -0.05) is 0 Å². The first-order chi connectivity index (χ1) is 7.97. The van der Waals surface area contributed by atoms with Crippen LogP contribution < -0.4 is 5.73 Å². The van der Waals surface area contributed by atoms with Crippen LogP contribution in [0.1, 0.15) is 16.2 Å². The van der Waals surface area contributed by atoms with Crippen LogP contribution in [0, 0.1) is 12.7 Å². The van der Waals surface area contributed by atoms with Crippen molar-refractivity contribution < 1.29 is 18.3 Å². The van der Waals surface area contributed by atoms with Gasteiger partial charge in [0.15, 0.2) is 17.3 Å². The van der Waals surface area contributed by atoms with E-state index in [0.29, 0.717) is 5.89 Å². The van der Waals surface area contributed by atoms with Gasteiger partial charge in [0.2, 0.25) is 0 Å². The summed E-state index contributed by atoms with van der Waals surface area (Å²) < 4.78 is 23.6. The van der Waals surface area contributed by atoms with E-state index in [9.17, 15) is 9.18 Å². The number of carbonyl (C=O) groups excluding carboxylic acids is 1. The fraction of sp³-hybridized carbons (Fsp3) is 0.200. The van der Waals surface area contributed by atoms with E-state index in [4.69, 9.17) is 10.2 Å².